The van der Waals surface area contributed by atoms with Crippen LogP contribution in [0.5, 0.6) is 0 Å². The Morgan fingerprint density at radius 3 is 2.93 bits per heavy atom. The maximum absolute atomic E-state index is 11.7. The lowest BCUT2D eigenvalue weighted by Crippen LogP contribution is -2.10. The van der Waals surface area contributed by atoms with Gasteiger partial charge in [0, 0.05) is 22.3 Å². The van der Waals surface area contributed by atoms with Gasteiger partial charge in [0.25, 0.3) is 0 Å². The summed E-state index contributed by atoms with van der Waals surface area (Å²) in [5.74, 6) is -0.0531. The van der Waals surface area contributed by atoms with Gasteiger partial charge in [-0.25, -0.2) is 0 Å². The van der Waals surface area contributed by atoms with Crippen molar-refractivity contribution >= 4 is 27.4 Å². The molecule has 2 N–H and O–H groups in total. The molecular formula is C11H14BrNO2. The summed E-state index contributed by atoms with van der Waals surface area (Å²) < 4.78 is 5.93. The van der Waals surface area contributed by atoms with Gasteiger partial charge in [-0.1, -0.05) is 22.9 Å². The Balaban J connectivity index is 2.68. The van der Waals surface area contributed by atoms with Crippen molar-refractivity contribution in [3.05, 3.63) is 28.2 Å². The molecule has 0 saturated heterocycles. The molecule has 0 heterocycles. The molecule has 0 fully saturated rings. The molecule has 3 nitrogen and oxygen atoms in total. The Morgan fingerprint density at radius 2 is 2.27 bits per heavy atom. The van der Waals surface area contributed by atoms with Gasteiger partial charge in [0.2, 0.25) is 0 Å². The molecule has 1 aromatic carbocycles. The first-order valence-corrected chi connectivity index (χ1v) is 5.60. The van der Waals surface area contributed by atoms with Crippen molar-refractivity contribution in [1.29, 1.82) is 0 Å². The van der Waals surface area contributed by atoms with E-state index in [1.807, 2.05) is 6.92 Å². The zero-order chi connectivity index (χ0) is 11.3. The van der Waals surface area contributed by atoms with Crippen LogP contribution in [0.2, 0.25) is 0 Å². The summed E-state index contributed by atoms with van der Waals surface area (Å²) in [4.78, 5) is 11.7. The van der Waals surface area contributed by atoms with Crippen molar-refractivity contribution in [1.82, 2.24) is 0 Å². The molecule has 4 heteroatoms. The van der Waals surface area contributed by atoms with Crippen molar-refractivity contribution in [3.63, 3.8) is 0 Å². The van der Waals surface area contributed by atoms with Gasteiger partial charge in [-0.05, 0) is 24.6 Å². The SMILES string of the molecule is CCCOCC(=O)c1cc(N)ccc1Br. The highest BCUT2D eigenvalue weighted by molar-refractivity contribution is 9.10. The second kappa shape index (κ2) is 5.88. The third-order valence-electron chi connectivity index (χ3n) is 1.87. The van der Waals surface area contributed by atoms with E-state index >= 15 is 0 Å². The minimum Gasteiger partial charge on any atom is -0.399 e. The van der Waals surface area contributed by atoms with E-state index in [2.05, 4.69) is 15.9 Å². The third-order valence-corrected chi connectivity index (χ3v) is 2.56. The number of nitrogen functional groups attached to an aromatic ring is 1. The molecule has 0 amide bonds. The van der Waals surface area contributed by atoms with Gasteiger partial charge in [-0.15, -0.1) is 0 Å². The second-order valence-corrected chi connectivity index (χ2v) is 4.07. The van der Waals surface area contributed by atoms with Crippen LogP contribution in [-0.2, 0) is 4.74 Å². The molecule has 0 radical (unpaired) electrons. The number of benzene rings is 1. The van der Waals surface area contributed by atoms with Gasteiger partial charge in [0.05, 0.1) is 0 Å². The monoisotopic (exact) mass is 271 g/mol. The highest BCUT2D eigenvalue weighted by Crippen LogP contribution is 2.20. The smallest absolute Gasteiger partial charge is 0.189 e. The van der Waals surface area contributed by atoms with Gasteiger partial charge in [-0.3, -0.25) is 4.79 Å². The number of anilines is 1. The number of carbonyl (C=O) groups is 1. The lowest BCUT2D eigenvalue weighted by atomic mass is 10.1. The standard InChI is InChI=1S/C11H14BrNO2/c1-2-5-15-7-11(14)9-6-8(13)3-4-10(9)12/h3-4,6H,2,5,7,13H2,1H3. The highest BCUT2D eigenvalue weighted by atomic mass is 79.9. The summed E-state index contributed by atoms with van der Waals surface area (Å²) in [5, 5.41) is 0. The van der Waals surface area contributed by atoms with E-state index in [1.54, 1.807) is 18.2 Å². The number of Topliss-reactive ketones (excluding diaryl/α,β-unsaturated/α-hetero) is 1. The van der Waals surface area contributed by atoms with Crippen LogP contribution in [0.3, 0.4) is 0 Å². The minimum atomic E-state index is -0.0531. The molecule has 1 aromatic rings. The van der Waals surface area contributed by atoms with E-state index in [9.17, 15) is 4.79 Å². The van der Waals surface area contributed by atoms with Crippen molar-refractivity contribution < 1.29 is 9.53 Å². The molecule has 1 rings (SSSR count). The average molecular weight is 272 g/mol. The normalized spacial score (nSPS) is 10.3. The lowest BCUT2D eigenvalue weighted by Gasteiger charge is -2.05. The van der Waals surface area contributed by atoms with Crippen LogP contribution in [0.1, 0.15) is 23.7 Å². The van der Waals surface area contributed by atoms with Crippen molar-refractivity contribution in [2.45, 2.75) is 13.3 Å². The van der Waals surface area contributed by atoms with Crippen LogP contribution < -0.4 is 5.73 Å². The number of hydrogen-bond donors (Lipinski definition) is 1. The number of carbonyl (C=O) groups excluding carboxylic acids is 1. The first-order chi connectivity index (χ1) is 7.15. The number of hydrogen-bond acceptors (Lipinski definition) is 3. The summed E-state index contributed by atoms with van der Waals surface area (Å²) in [5.41, 5.74) is 6.76. The summed E-state index contributed by atoms with van der Waals surface area (Å²) in [6.45, 7) is 2.71. The fourth-order valence-electron chi connectivity index (χ4n) is 1.14. The molecule has 0 spiro atoms. The number of nitrogens with two attached hydrogens (primary N) is 1. The number of ketones is 1. The van der Waals surface area contributed by atoms with Crippen molar-refractivity contribution in [2.75, 3.05) is 18.9 Å². The molecule has 0 saturated carbocycles. The van der Waals surface area contributed by atoms with Crippen LogP contribution in [-0.4, -0.2) is 19.0 Å². The predicted octanol–water partition coefficient (Wildman–Crippen LogP) is 2.64. The van der Waals surface area contributed by atoms with E-state index in [0.717, 1.165) is 10.9 Å². The average Bonchev–Trinajstić information content (AvgIpc) is 2.22. The molecule has 0 unspecified atom stereocenters. The van der Waals surface area contributed by atoms with Crippen LogP contribution in [0.25, 0.3) is 0 Å². The Kier molecular flexibility index (Phi) is 4.78. The predicted molar refractivity (Wildman–Crippen MR) is 64.0 cm³/mol. The Morgan fingerprint density at radius 1 is 1.53 bits per heavy atom. The molecule has 0 aromatic heterocycles. The van der Waals surface area contributed by atoms with Gasteiger partial charge >= 0.3 is 0 Å². The molecule has 0 aliphatic heterocycles. The van der Waals surface area contributed by atoms with Crippen LogP contribution in [0.15, 0.2) is 22.7 Å². The maximum atomic E-state index is 11.7. The quantitative estimate of drug-likeness (QED) is 0.509. The Labute approximate surface area is 97.7 Å². The van der Waals surface area contributed by atoms with Crippen molar-refractivity contribution in [3.8, 4) is 0 Å². The number of halogens is 1. The van der Waals surface area contributed by atoms with E-state index in [-0.39, 0.29) is 12.4 Å². The summed E-state index contributed by atoms with van der Waals surface area (Å²) >= 11 is 3.31. The molecule has 0 atom stereocenters. The highest BCUT2D eigenvalue weighted by Gasteiger charge is 2.10. The first kappa shape index (κ1) is 12.2. The largest absolute Gasteiger partial charge is 0.399 e. The van der Waals surface area contributed by atoms with Gasteiger partial charge in [-0.2, -0.15) is 0 Å². The molecule has 0 aliphatic carbocycles. The van der Waals surface area contributed by atoms with Gasteiger partial charge in [0.1, 0.15) is 6.61 Å². The van der Waals surface area contributed by atoms with Crippen LogP contribution >= 0.6 is 15.9 Å². The molecule has 0 aliphatic rings. The fourth-order valence-corrected chi connectivity index (χ4v) is 1.61. The summed E-state index contributed by atoms with van der Waals surface area (Å²) in [6, 6.07) is 5.16. The molecule has 0 bridgehead atoms. The summed E-state index contributed by atoms with van der Waals surface area (Å²) in [6.07, 6.45) is 0.908. The molecule has 82 valence electrons. The Bertz CT molecular complexity index is 352. The van der Waals surface area contributed by atoms with E-state index in [1.165, 1.54) is 0 Å². The fraction of sp³-hybridized carbons (Fsp3) is 0.364. The molecular weight excluding hydrogens is 258 g/mol. The van der Waals surface area contributed by atoms with Crippen LogP contribution in [0, 0.1) is 0 Å². The number of rotatable bonds is 5. The van der Waals surface area contributed by atoms with Gasteiger partial charge in [0.15, 0.2) is 5.78 Å². The van der Waals surface area contributed by atoms with Gasteiger partial charge < -0.3 is 10.5 Å². The first-order valence-electron chi connectivity index (χ1n) is 4.81. The lowest BCUT2D eigenvalue weighted by molar-refractivity contribution is 0.0760. The van der Waals surface area contributed by atoms with E-state index in [4.69, 9.17) is 10.5 Å². The zero-order valence-electron chi connectivity index (χ0n) is 8.63. The minimum absolute atomic E-state index is 0.0531. The van der Waals surface area contributed by atoms with E-state index < -0.39 is 0 Å². The van der Waals surface area contributed by atoms with E-state index in [0.29, 0.717) is 17.9 Å². The topological polar surface area (TPSA) is 52.3 Å². The second-order valence-electron chi connectivity index (χ2n) is 3.22. The maximum Gasteiger partial charge on any atom is 0.189 e. The third kappa shape index (κ3) is 3.64. The zero-order valence-corrected chi connectivity index (χ0v) is 10.2. The number of ether oxygens (including phenoxy) is 1. The van der Waals surface area contributed by atoms with Crippen molar-refractivity contribution in [2.24, 2.45) is 0 Å². The molecule has 15 heavy (non-hydrogen) atoms. The Hall–Kier alpha value is -0.870. The van der Waals surface area contributed by atoms with Crippen LogP contribution in [0.4, 0.5) is 5.69 Å². The summed E-state index contributed by atoms with van der Waals surface area (Å²) in [7, 11) is 0.